The number of benzene rings is 2. The molecule has 25 heavy (non-hydrogen) atoms. The molecule has 1 amide bonds. The zero-order valence-electron chi connectivity index (χ0n) is 14.1. The van der Waals surface area contributed by atoms with Crippen molar-refractivity contribution in [2.45, 2.75) is 25.8 Å². The van der Waals surface area contributed by atoms with Crippen molar-refractivity contribution in [1.29, 1.82) is 0 Å². The van der Waals surface area contributed by atoms with Crippen LogP contribution in [0.25, 0.3) is 0 Å². The van der Waals surface area contributed by atoms with Gasteiger partial charge in [-0.05, 0) is 31.5 Å². The van der Waals surface area contributed by atoms with E-state index < -0.39 is 17.9 Å². The lowest BCUT2D eigenvalue weighted by atomic mass is 9.79. The van der Waals surface area contributed by atoms with Crippen molar-refractivity contribution in [3.8, 4) is 0 Å². The summed E-state index contributed by atoms with van der Waals surface area (Å²) in [5.74, 6) is -0.706. The van der Waals surface area contributed by atoms with Gasteiger partial charge in [-0.3, -0.25) is 14.6 Å². The van der Waals surface area contributed by atoms with Crippen LogP contribution in [-0.2, 0) is 21.5 Å². The Balaban J connectivity index is 1.99. The molecule has 0 saturated carbocycles. The van der Waals surface area contributed by atoms with E-state index in [-0.39, 0.29) is 11.6 Å². The third-order valence-electron chi connectivity index (χ3n) is 4.92. The number of carbonyl (C=O) groups excluding carboxylic acids is 2. The van der Waals surface area contributed by atoms with Gasteiger partial charge in [0.15, 0.2) is 5.54 Å². The molecule has 0 bridgehead atoms. The van der Waals surface area contributed by atoms with Crippen molar-refractivity contribution in [2.75, 3.05) is 11.9 Å². The second-order valence-electron chi connectivity index (χ2n) is 6.74. The quantitative estimate of drug-likeness (QED) is 0.882. The fraction of sp³-hybridized carbons (Fsp3) is 0.250. The molecular formula is C20H18N2O3. The zero-order valence-corrected chi connectivity index (χ0v) is 14.1. The molecule has 1 spiro atoms. The number of hydrogen-bond acceptors (Lipinski definition) is 4. The molecule has 2 aliphatic rings. The summed E-state index contributed by atoms with van der Waals surface area (Å²) in [5.41, 5.74) is 4.16. The Labute approximate surface area is 145 Å². The van der Waals surface area contributed by atoms with Gasteiger partial charge in [0.2, 0.25) is 5.78 Å². The molecule has 0 aliphatic carbocycles. The molecule has 4 rings (SSSR count). The Morgan fingerprint density at radius 2 is 1.92 bits per heavy atom. The highest BCUT2D eigenvalue weighted by atomic mass is 16.3. The SMILES string of the molecule is Cc1ccc2c(c1)C(C(=O)CO)=NC1(C2)C(=O)Nc2ccc(C)cc21. The zero-order chi connectivity index (χ0) is 17.8. The topological polar surface area (TPSA) is 78.8 Å². The average molecular weight is 334 g/mol. The Morgan fingerprint density at radius 3 is 2.68 bits per heavy atom. The summed E-state index contributed by atoms with van der Waals surface area (Å²) < 4.78 is 0. The largest absolute Gasteiger partial charge is 0.388 e. The van der Waals surface area contributed by atoms with Crippen LogP contribution < -0.4 is 5.32 Å². The molecule has 2 aromatic carbocycles. The number of rotatable bonds is 2. The Bertz CT molecular complexity index is 961. The number of nitrogens with one attached hydrogen (secondary N) is 1. The molecule has 5 heteroatoms. The normalized spacial score (nSPS) is 20.8. The molecule has 2 N–H and O–H groups in total. The molecule has 0 fully saturated rings. The molecular weight excluding hydrogens is 316 g/mol. The van der Waals surface area contributed by atoms with E-state index in [2.05, 4.69) is 10.3 Å². The van der Waals surface area contributed by atoms with E-state index >= 15 is 0 Å². The number of amides is 1. The molecule has 0 saturated heterocycles. The van der Waals surface area contributed by atoms with Crippen LogP contribution in [0.15, 0.2) is 41.4 Å². The lowest BCUT2D eigenvalue weighted by molar-refractivity contribution is -0.120. The van der Waals surface area contributed by atoms with E-state index in [0.717, 1.165) is 27.9 Å². The van der Waals surface area contributed by atoms with Crippen LogP contribution in [0.2, 0.25) is 0 Å². The number of Topliss-reactive ketones (excluding diaryl/α,β-unsaturated/α-hetero) is 1. The first-order valence-electron chi connectivity index (χ1n) is 8.21. The maximum atomic E-state index is 12.9. The molecule has 0 aromatic heterocycles. The van der Waals surface area contributed by atoms with Crippen LogP contribution in [0.4, 0.5) is 5.69 Å². The van der Waals surface area contributed by atoms with Gasteiger partial charge in [0.25, 0.3) is 5.91 Å². The van der Waals surface area contributed by atoms with Crippen molar-refractivity contribution < 1.29 is 14.7 Å². The highest BCUT2D eigenvalue weighted by Crippen LogP contribution is 2.45. The second kappa shape index (κ2) is 5.36. The molecule has 0 radical (unpaired) electrons. The molecule has 2 heterocycles. The minimum absolute atomic E-state index is 0.178. The lowest BCUT2D eigenvalue weighted by Gasteiger charge is -2.30. The van der Waals surface area contributed by atoms with Gasteiger partial charge in [0.1, 0.15) is 12.3 Å². The second-order valence-corrected chi connectivity index (χ2v) is 6.74. The summed E-state index contributed by atoms with van der Waals surface area (Å²) >= 11 is 0. The number of aryl methyl sites for hydroxylation is 2. The molecule has 2 aliphatic heterocycles. The van der Waals surface area contributed by atoms with Gasteiger partial charge in [-0.1, -0.05) is 35.4 Å². The molecule has 126 valence electrons. The van der Waals surface area contributed by atoms with Crippen LogP contribution in [-0.4, -0.2) is 29.1 Å². The third-order valence-corrected chi connectivity index (χ3v) is 4.92. The summed E-state index contributed by atoms with van der Waals surface area (Å²) in [6.45, 7) is 3.26. The fourth-order valence-corrected chi connectivity index (χ4v) is 3.66. The van der Waals surface area contributed by atoms with Crippen molar-refractivity contribution in [1.82, 2.24) is 0 Å². The predicted octanol–water partition coefficient (Wildman–Crippen LogP) is 2.06. The fourth-order valence-electron chi connectivity index (χ4n) is 3.66. The summed E-state index contributed by atoms with van der Waals surface area (Å²) in [6, 6.07) is 11.5. The number of nitrogens with zero attached hydrogens (tertiary/aromatic N) is 1. The van der Waals surface area contributed by atoms with E-state index in [9.17, 15) is 14.7 Å². The molecule has 1 unspecified atom stereocenters. The third kappa shape index (κ3) is 2.23. The van der Waals surface area contributed by atoms with Gasteiger partial charge in [-0.15, -0.1) is 0 Å². The van der Waals surface area contributed by atoms with Gasteiger partial charge >= 0.3 is 0 Å². The van der Waals surface area contributed by atoms with E-state index in [1.165, 1.54) is 0 Å². The number of fused-ring (bicyclic) bond motifs is 3. The maximum Gasteiger partial charge on any atom is 0.257 e. The van der Waals surface area contributed by atoms with Crippen molar-refractivity contribution in [2.24, 2.45) is 4.99 Å². The van der Waals surface area contributed by atoms with Gasteiger partial charge in [0.05, 0.1) is 0 Å². The number of aliphatic hydroxyl groups is 1. The van der Waals surface area contributed by atoms with Gasteiger partial charge in [-0.2, -0.15) is 0 Å². The van der Waals surface area contributed by atoms with E-state index in [0.29, 0.717) is 12.0 Å². The first kappa shape index (κ1) is 15.7. The van der Waals surface area contributed by atoms with E-state index in [1.54, 1.807) is 0 Å². The highest BCUT2D eigenvalue weighted by Gasteiger charge is 2.50. The standard InChI is InChI=1S/C20H18N2O3/c1-11-3-5-13-9-20(22-18(14(13)7-11)17(24)10-23)15-8-12(2)4-6-16(15)21-19(20)25/h3-8,23H,9-10H2,1-2H3,(H,21,25). The number of aliphatic hydroxyl groups excluding tert-OH is 1. The minimum Gasteiger partial charge on any atom is -0.388 e. The Morgan fingerprint density at radius 1 is 1.20 bits per heavy atom. The van der Waals surface area contributed by atoms with Gasteiger partial charge in [-0.25, -0.2) is 0 Å². The maximum absolute atomic E-state index is 12.9. The van der Waals surface area contributed by atoms with Crippen LogP contribution in [0.3, 0.4) is 0 Å². The summed E-state index contributed by atoms with van der Waals surface area (Å²) in [7, 11) is 0. The number of aliphatic imine (C=N–C) groups is 1. The van der Waals surface area contributed by atoms with Crippen molar-refractivity contribution >= 4 is 23.1 Å². The molecule has 2 aromatic rings. The number of anilines is 1. The van der Waals surface area contributed by atoms with Crippen LogP contribution in [0.1, 0.15) is 27.8 Å². The summed E-state index contributed by atoms with van der Waals surface area (Å²) in [5, 5.41) is 12.3. The summed E-state index contributed by atoms with van der Waals surface area (Å²) in [4.78, 5) is 29.8. The number of ketones is 1. The summed E-state index contributed by atoms with van der Waals surface area (Å²) in [6.07, 6.45) is 0.396. The predicted molar refractivity (Wildman–Crippen MR) is 95.0 cm³/mol. The Kier molecular flexibility index (Phi) is 3.37. The average Bonchev–Trinajstić information content (AvgIpc) is 2.85. The highest BCUT2D eigenvalue weighted by molar-refractivity contribution is 6.47. The monoisotopic (exact) mass is 334 g/mol. The Hall–Kier alpha value is -2.79. The molecule has 1 atom stereocenters. The minimum atomic E-state index is -1.15. The smallest absolute Gasteiger partial charge is 0.257 e. The first-order chi connectivity index (χ1) is 11.9. The lowest BCUT2D eigenvalue weighted by Crippen LogP contribution is -2.41. The van der Waals surface area contributed by atoms with Gasteiger partial charge in [0, 0.05) is 23.2 Å². The van der Waals surface area contributed by atoms with Crippen molar-refractivity contribution in [3.63, 3.8) is 0 Å². The number of carbonyl (C=O) groups is 2. The van der Waals surface area contributed by atoms with Crippen LogP contribution >= 0.6 is 0 Å². The molecule has 5 nitrogen and oxygen atoms in total. The van der Waals surface area contributed by atoms with Crippen LogP contribution in [0, 0.1) is 13.8 Å². The van der Waals surface area contributed by atoms with Crippen molar-refractivity contribution in [3.05, 3.63) is 64.2 Å². The number of hydrogen-bond donors (Lipinski definition) is 2. The first-order valence-corrected chi connectivity index (χ1v) is 8.21. The van der Waals surface area contributed by atoms with Gasteiger partial charge < -0.3 is 10.4 Å². The van der Waals surface area contributed by atoms with E-state index in [1.807, 2.05) is 50.2 Å². The van der Waals surface area contributed by atoms with Crippen LogP contribution in [0.5, 0.6) is 0 Å². The van der Waals surface area contributed by atoms with E-state index in [4.69, 9.17) is 0 Å².